The molecule has 1 aliphatic heterocycles. The number of aryl methyl sites for hydroxylation is 1. The van der Waals surface area contributed by atoms with E-state index in [-0.39, 0.29) is 5.95 Å². The lowest BCUT2D eigenvalue weighted by molar-refractivity contribution is 0.122. The van der Waals surface area contributed by atoms with Gasteiger partial charge in [0, 0.05) is 18.8 Å². The Morgan fingerprint density at radius 2 is 1.81 bits per heavy atom. The van der Waals surface area contributed by atoms with Gasteiger partial charge in [0.15, 0.2) is 0 Å². The van der Waals surface area contributed by atoms with Crippen molar-refractivity contribution in [2.75, 3.05) is 42.3 Å². The van der Waals surface area contributed by atoms with Gasteiger partial charge >= 0.3 is 0 Å². The number of hydrogen-bond acceptors (Lipinski definition) is 7. The Hall–Kier alpha value is -2.41. The van der Waals surface area contributed by atoms with E-state index in [0.29, 0.717) is 25.1 Å². The number of nitrogen functional groups attached to an aromatic ring is 1. The monoisotopic (exact) mass is 286 g/mol. The summed E-state index contributed by atoms with van der Waals surface area (Å²) in [7, 11) is 0. The van der Waals surface area contributed by atoms with Crippen LogP contribution >= 0.6 is 0 Å². The van der Waals surface area contributed by atoms with E-state index in [4.69, 9.17) is 10.5 Å². The van der Waals surface area contributed by atoms with Crippen molar-refractivity contribution in [3.63, 3.8) is 0 Å². The molecule has 0 spiro atoms. The lowest BCUT2D eigenvalue weighted by atomic mass is 10.2. The average Bonchev–Trinajstić information content (AvgIpc) is 2.50. The summed E-state index contributed by atoms with van der Waals surface area (Å²) in [5, 5.41) is 3.15. The maximum absolute atomic E-state index is 5.78. The van der Waals surface area contributed by atoms with Crippen molar-refractivity contribution in [3.8, 4) is 0 Å². The first-order chi connectivity index (χ1) is 10.2. The van der Waals surface area contributed by atoms with Gasteiger partial charge in [0.2, 0.25) is 17.8 Å². The second-order valence-corrected chi connectivity index (χ2v) is 4.91. The third-order valence-electron chi connectivity index (χ3n) is 3.24. The Labute approximate surface area is 123 Å². The largest absolute Gasteiger partial charge is 0.378 e. The van der Waals surface area contributed by atoms with Crippen LogP contribution in [0.1, 0.15) is 5.56 Å². The molecule has 0 saturated carbocycles. The number of nitrogens with two attached hydrogens (primary N) is 1. The van der Waals surface area contributed by atoms with E-state index in [0.717, 1.165) is 18.8 Å². The van der Waals surface area contributed by atoms with E-state index in [1.165, 1.54) is 5.56 Å². The molecule has 0 aliphatic carbocycles. The van der Waals surface area contributed by atoms with E-state index >= 15 is 0 Å². The fourth-order valence-electron chi connectivity index (χ4n) is 2.11. The summed E-state index contributed by atoms with van der Waals surface area (Å²) in [6, 6.07) is 8.00. The van der Waals surface area contributed by atoms with E-state index in [1.807, 2.05) is 36.1 Å². The van der Waals surface area contributed by atoms with Gasteiger partial charge in [0.25, 0.3) is 0 Å². The lowest BCUT2D eigenvalue weighted by Crippen LogP contribution is -2.37. The Kier molecular flexibility index (Phi) is 3.83. The van der Waals surface area contributed by atoms with Crippen molar-refractivity contribution < 1.29 is 4.74 Å². The van der Waals surface area contributed by atoms with Crippen LogP contribution in [0.3, 0.4) is 0 Å². The zero-order valence-electron chi connectivity index (χ0n) is 11.9. The molecule has 3 N–H and O–H groups in total. The summed E-state index contributed by atoms with van der Waals surface area (Å²) in [6.45, 7) is 4.90. The third-order valence-corrected chi connectivity index (χ3v) is 3.24. The van der Waals surface area contributed by atoms with E-state index < -0.39 is 0 Å². The molecule has 2 aromatic rings. The first-order valence-electron chi connectivity index (χ1n) is 6.89. The van der Waals surface area contributed by atoms with Crippen LogP contribution in [-0.2, 0) is 4.74 Å². The fourth-order valence-corrected chi connectivity index (χ4v) is 2.11. The summed E-state index contributed by atoms with van der Waals surface area (Å²) in [5.41, 5.74) is 7.90. The summed E-state index contributed by atoms with van der Waals surface area (Å²) >= 11 is 0. The number of ether oxygens (including phenoxy) is 1. The number of benzene rings is 1. The van der Waals surface area contributed by atoms with E-state index in [9.17, 15) is 0 Å². The average molecular weight is 286 g/mol. The number of aromatic nitrogens is 3. The van der Waals surface area contributed by atoms with Crippen LogP contribution in [-0.4, -0.2) is 41.3 Å². The van der Waals surface area contributed by atoms with Crippen molar-refractivity contribution in [2.24, 2.45) is 0 Å². The van der Waals surface area contributed by atoms with Gasteiger partial charge in [-0.15, -0.1) is 0 Å². The summed E-state index contributed by atoms with van der Waals surface area (Å²) in [4.78, 5) is 14.8. The molecule has 1 aromatic heterocycles. The van der Waals surface area contributed by atoms with Crippen LogP contribution in [0.25, 0.3) is 0 Å². The smallest absolute Gasteiger partial charge is 0.233 e. The van der Waals surface area contributed by atoms with Gasteiger partial charge in [-0.05, 0) is 19.1 Å². The second kappa shape index (κ2) is 5.92. The molecule has 0 amide bonds. The molecule has 1 saturated heterocycles. The predicted molar refractivity (Wildman–Crippen MR) is 81.7 cm³/mol. The van der Waals surface area contributed by atoms with Crippen molar-refractivity contribution in [1.29, 1.82) is 0 Å². The van der Waals surface area contributed by atoms with Crippen LogP contribution in [0.5, 0.6) is 0 Å². The number of nitrogens with zero attached hydrogens (tertiary/aromatic N) is 4. The van der Waals surface area contributed by atoms with Gasteiger partial charge in [0.1, 0.15) is 0 Å². The molecule has 2 heterocycles. The molecule has 7 heteroatoms. The Morgan fingerprint density at radius 3 is 2.52 bits per heavy atom. The molecule has 1 fully saturated rings. The van der Waals surface area contributed by atoms with Crippen molar-refractivity contribution >= 4 is 23.5 Å². The van der Waals surface area contributed by atoms with Crippen LogP contribution in [0.15, 0.2) is 24.3 Å². The summed E-state index contributed by atoms with van der Waals surface area (Å²) in [5.74, 6) is 1.24. The minimum Gasteiger partial charge on any atom is -0.378 e. The highest BCUT2D eigenvalue weighted by molar-refractivity contribution is 5.55. The van der Waals surface area contributed by atoms with E-state index in [1.54, 1.807) is 0 Å². The third kappa shape index (κ3) is 3.38. The molecule has 3 rings (SSSR count). The predicted octanol–water partition coefficient (Wildman–Crippen LogP) is 1.34. The number of nitrogens with one attached hydrogen (secondary N) is 1. The maximum Gasteiger partial charge on any atom is 0.233 e. The molecule has 0 radical (unpaired) electrons. The topological polar surface area (TPSA) is 89.2 Å². The number of rotatable bonds is 3. The van der Waals surface area contributed by atoms with Gasteiger partial charge in [-0.1, -0.05) is 17.7 Å². The highest BCUT2D eigenvalue weighted by Crippen LogP contribution is 2.17. The first kappa shape index (κ1) is 13.6. The van der Waals surface area contributed by atoms with Gasteiger partial charge in [-0.25, -0.2) is 0 Å². The molecule has 0 bridgehead atoms. The molecule has 7 nitrogen and oxygen atoms in total. The van der Waals surface area contributed by atoms with Crippen LogP contribution in [0, 0.1) is 6.92 Å². The van der Waals surface area contributed by atoms with Crippen molar-refractivity contribution in [2.45, 2.75) is 6.92 Å². The molecule has 1 aromatic carbocycles. The lowest BCUT2D eigenvalue weighted by Gasteiger charge is -2.26. The zero-order valence-corrected chi connectivity index (χ0v) is 11.9. The standard InChI is InChI=1S/C14H18N6O/c1-10-2-4-11(5-3-10)16-13-17-12(15)18-14(19-13)20-6-8-21-9-7-20/h2-5H,6-9H2,1H3,(H3,15,16,17,18,19). The number of anilines is 4. The normalized spacial score (nSPS) is 15.0. The summed E-state index contributed by atoms with van der Waals surface area (Å²) < 4.78 is 5.33. The maximum atomic E-state index is 5.78. The second-order valence-electron chi connectivity index (χ2n) is 4.91. The number of morpholine rings is 1. The van der Waals surface area contributed by atoms with Gasteiger partial charge in [-0.3, -0.25) is 0 Å². The van der Waals surface area contributed by atoms with Crippen LogP contribution in [0.2, 0.25) is 0 Å². The van der Waals surface area contributed by atoms with Crippen molar-refractivity contribution in [3.05, 3.63) is 29.8 Å². The fraction of sp³-hybridized carbons (Fsp3) is 0.357. The molecule has 1 aliphatic rings. The highest BCUT2D eigenvalue weighted by Gasteiger charge is 2.15. The van der Waals surface area contributed by atoms with Gasteiger partial charge < -0.3 is 20.7 Å². The minimum atomic E-state index is 0.209. The highest BCUT2D eigenvalue weighted by atomic mass is 16.5. The Balaban J connectivity index is 1.81. The van der Waals surface area contributed by atoms with Crippen molar-refractivity contribution in [1.82, 2.24) is 15.0 Å². The Bertz CT molecular complexity index is 609. The molecule has 0 unspecified atom stereocenters. The SMILES string of the molecule is Cc1ccc(Nc2nc(N)nc(N3CCOCC3)n2)cc1. The Morgan fingerprint density at radius 1 is 1.10 bits per heavy atom. The molecule has 0 atom stereocenters. The molecule has 21 heavy (non-hydrogen) atoms. The van der Waals surface area contributed by atoms with Crippen LogP contribution in [0.4, 0.5) is 23.5 Å². The zero-order chi connectivity index (χ0) is 14.7. The summed E-state index contributed by atoms with van der Waals surface area (Å²) in [6.07, 6.45) is 0. The molecular formula is C14H18N6O. The van der Waals surface area contributed by atoms with E-state index in [2.05, 4.69) is 20.3 Å². The minimum absolute atomic E-state index is 0.209. The number of hydrogen-bond donors (Lipinski definition) is 2. The van der Waals surface area contributed by atoms with Gasteiger partial charge in [0.05, 0.1) is 13.2 Å². The first-order valence-corrected chi connectivity index (χ1v) is 6.89. The molecule has 110 valence electrons. The van der Waals surface area contributed by atoms with Crippen LogP contribution < -0.4 is 16.0 Å². The van der Waals surface area contributed by atoms with Gasteiger partial charge in [-0.2, -0.15) is 15.0 Å². The molecular weight excluding hydrogens is 268 g/mol. The quantitative estimate of drug-likeness (QED) is 0.880.